The number of benzene rings is 2. The average Bonchev–Trinajstić information content (AvgIpc) is 3.15. The first-order valence-corrected chi connectivity index (χ1v) is 9.36. The number of nitro groups is 1. The Labute approximate surface area is 170 Å². The molecule has 0 aliphatic carbocycles. The van der Waals surface area contributed by atoms with Crippen LogP contribution < -0.4 is 10.1 Å². The second-order valence-corrected chi connectivity index (χ2v) is 7.25. The first kappa shape index (κ1) is 19.7. The minimum absolute atomic E-state index is 0.0413. The Balaban J connectivity index is 1.65. The van der Waals surface area contributed by atoms with Crippen LogP contribution >= 0.6 is 23.4 Å². The molecule has 1 heterocycles. The van der Waals surface area contributed by atoms with Crippen LogP contribution in [0.3, 0.4) is 0 Å². The Morgan fingerprint density at radius 2 is 2.00 bits per heavy atom. The minimum atomic E-state index is -0.436. The fraction of sp³-hybridized carbons (Fsp3) is 0.0500. The fourth-order valence-corrected chi connectivity index (χ4v) is 3.35. The molecule has 0 aromatic heterocycles. The molecule has 28 heavy (non-hydrogen) atoms. The van der Waals surface area contributed by atoms with E-state index in [0.717, 1.165) is 16.3 Å². The fourth-order valence-electron chi connectivity index (χ4n) is 2.38. The first-order valence-electron chi connectivity index (χ1n) is 8.10. The third-order valence-corrected chi connectivity index (χ3v) is 4.94. The number of allylic oxidation sites excluding steroid dienone is 1. The van der Waals surface area contributed by atoms with E-state index in [-0.39, 0.29) is 11.5 Å². The molecule has 0 unspecified atom stereocenters. The zero-order chi connectivity index (χ0) is 20.3. The maximum atomic E-state index is 12.0. The summed E-state index contributed by atoms with van der Waals surface area (Å²) in [6.07, 6.45) is 1.53. The van der Waals surface area contributed by atoms with Gasteiger partial charge in [0.2, 0.25) is 0 Å². The van der Waals surface area contributed by atoms with E-state index in [1.54, 1.807) is 37.3 Å². The minimum Gasteiger partial charge on any atom is -0.462 e. The lowest BCUT2D eigenvalue weighted by atomic mass is 10.1. The lowest BCUT2D eigenvalue weighted by Gasteiger charge is -2.08. The van der Waals surface area contributed by atoms with Gasteiger partial charge in [-0.2, -0.15) is 0 Å². The molecule has 0 radical (unpaired) electrons. The molecule has 142 valence electrons. The molecule has 0 bridgehead atoms. The van der Waals surface area contributed by atoms with E-state index >= 15 is 0 Å². The van der Waals surface area contributed by atoms with Gasteiger partial charge in [0.05, 0.1) is 15.6 Å². The molecule has 2 aromatic rings. The standard InChI is InChI=1S/C20H15ClN2O4S/c1-12(2)20(24)16-8-7-15(9-17(16)21)27-10-19-22-18(11-28-19)13-3-5-14(6-4-13)23(25)26/h3-11,22H,1H2,2H3. The molecule has 3 rings (SSSR count). The van der Waals surface area contributed by atoms with Crippen LogP contribution in [0, 0.1) is 10.1 Å². The van der Waals surface area contributed by atoms with Crippen LogP contribution in [0.4, 0.5) is 5.69 Å². The molecule has 1 aliphatic rings. The summed E-state index contributed by atoms with van der Waals surface area (Å²) in [4.78, 5) is 22.3. The van der Waals surface area contributed by atoms with Gasteiger partial charge >= 0.3 is 0 Å². The van der Waals surface area contributed by atoms with Crippen molar-refractivity contribution in [2.45, 2.75) is 6.92 Å². The van der Waals surface area contributed by atoms with Gasteiger partial charge in [0.15, 0.2) is 5.78 Å². The van der Waals surface area contributed by atoms with Crippen molar-refractivity contribution in [3.05, 3.63) is 97.6 Å². The predicted octanol–water partition coefficient (Wildman–Crippen LogP) is 5.52. The molecule has 0 fully saturated rings. The highest BCUT2D eigenvalue weighted by Crippen LogP contribution is 2.31. The van der Waals surface area contributed by atoms with Gasteiger partial charge in [-0.15, -0.1) is 0 Å². The van der Waals surface area contributed by atoms with Crippen molar-refractivity contribution in [3.8, 4) is 5.75 Å². The van der Waals surface area contributed by atoms with E-state index in [1.165, 1.54) is 30.2 Å². The number of ether oxygens (including phenoxy) is 1. The molecule has 0 saturated carbocycles. The number of rotatable bonds is 6. The van der Waals surface area contributed by atoms with E-state index in [9.17, 15) is 14.9 Å². The van der Waals surface area contributed by atoms with Crippen LogP contribution in [0.15, 0.2) is 71.3 Å². The first-order chi connectivity index (χ1) is 13.3. The summed E-state index contributed by atoms with van der Waals surface area (Å²) in [6, 6.07) is 11.1. The molecule has 1 N–H and O–H groups in total. The summed E-state index contributed by atoms with van der Waals surface area (Å²) >= 11 is 7.58. The summed E-state index contributed by atoms with van der Waals surface area (Å²) < 4.78 is 5.61. The summed E-state index contributed by atoms with van der Waals surface area (Å²) in [5.41, 5.74) is 2.47. The molecular formula is C20H15ClN2O4S. The van der Waals surface area contributed by atoms with Crippen molar-refractivity contribution in [1.82, 2.24) is 5.32 Å². The normalized spacial score (nSPS) is 14.4. The Bertz CT molecular complexity index is 1030. The molecule has 0 atom stereocenters. The maximum absolute atomic E-state index is 12.0. The Morgan fingerprint density at radius 1 is 1.29 bits per heavy atom. The van der Waals surface area contributed by atoms with Gasteiger partial charge in [-0.1, -0.05) is 29.9 Å². The zero-order valence-corrected chi connectivity index (χ0v) is 16.3. The number of hydrogen-bond donors (Lipinski definition) is 1. The topological polar surface area (TPSA) is 81.5 Å². The highest BCUT2D eigenvalue weighted by atomic mass is 35.5. The van der Waals surface area contributed by atoms with Gasteiger partial charge in [0.1, 0.15) is 17.0 Å². The van der Waals surface area contributed by atoms with Gasteiger partial charge in [0, 0.05) is 29.2 Å². The van der Waals surface area contributed by atoms with Gasteiger partial charge < -0.3 is 10.1 Å². The van der Waals surface area contributed by atoms with E-state index in [1.807, 2.05) is 5.41 Å². The van der Waals surface area contributed by atoms with E-state index < -0.39 is 4.92 Å². The van der Waals surface area contributed by atoms with Crippen molar-refractivity contribution >= 4 is 40.5 Å². The number of nitrogens with one attached hydrogen (secondary N) is 1. The van der Waals surface area contributed by atoms with Crippen LogP contribution in [-0.4, -0.2) is 10.7 Å². The van der Waals surface area contributed by atoms with Gasteiger partial charge in [-0.05, 0) is 42.3 Å². The highest BCUT2D eigenvalue weighted by molar-refractivity contribution is 8.06. The quantitative estimate of drug-likeness (QED) is 0.220. The maximum Gasteiger partial charge on any atom is 0.269 e. The summed E-state index contributed by atoms with van der Waals surface area (Å²) in [7, 11) is 0. The summed E-state index contributed by atoms with van der Waals surface area (Å²) in [5, 5.41) is 16.8. The molecule has 2 aromatic carbocycles. The predicted molar refractivity (Wildman–Crippen MR) is 111 cm³/mol. The monoisotopic (exact) mass is 414 g/mol. The molecule has 0 saturated heterocycles. The number of carbonyl (C=O) groups excluding carboxylic acids is 1. The number of ketones is 1. The number of Topliss-reactive ketones (excluding diaryl/α,β-unsaturated/α-hetero) is 1. The Hall–Kier alpha value is -3.03. The van der Waals surface area contributed by atoms with Crippen LogP contribution in [0.25, 0.3) is 5.70 Å². The zero-order valence-electron chi connectivity index (χ0n) is 14.8. The SMILES string of the molecule is C=C(C)C(=O)c1ccc(OC=C2NC(c3ccc([N+](=O)[O-])cc3)=CS2)cc1Cl. The molecule has 8 heteroatoms. The summed E-state index contributed by atoms with van der Waals surface area (Å²) in [5.74, 6) is 0.279. The third kappa shape index (κ3) is 4.44. The molecule has 0 spiro atoms. The second-order valence-electron chi connectivity index (χ2n) is 5.93. The van der Waals surface area contributed by atoms with Crippen LogP contribution in [0.1, 0.15) is 22.8 Å². The van der Waals surface area contributed by atoms with Crippen molar-refractivity contribution in [2.24, 2.45) is 0 Å². The number of nitro benzene ring substituents is 1. The Morgan fingerprint density at radius 3 is 2.61 bits per heavy atom. The van der Waals surface area contributed by atoms with E-state index in [2.05, 4.69) is 11.9 Å². The van der Waals surface area contributed by atoms with E-state index in [4.69, 9.17) is 16.3 Å². The largest absolute Gasteiger partial charge is 0.462 e. The average molecular weight is 415 g/mol. The van der Waals surface area contributed by atoms with Crippen molar-refractivity contribution in [2.75, 3.05) is 0 Å². The van der Waals surface area contributed by atoms with Crippen LogP contribution in [0.5, 0.6) is 5.75 Å². The van der Waals surface area contributed by atoms with Crippen molar-refractivity contribution in [1.29, 1.82) is 0 Å². The summed E-state index contributed by atoms with van der Waals surface area (Å²) in [6.45, 7) is 5.26. The number of non-ortho nitro benzene ring substituents is 1. The second kappa shape index (κ2) is 8.33. The van der Waals surface area contributed by atoms with Gasteiger partial charge in [-0.25, -0.2) is 0 Å². The number of carbonyl (C=O) groups is 1. The lowest BCUT2D eigenvalue weighted by Crippen LogP contribution is -2.05. The number of hydrogen-bond acceptors (Lipinski definition) is 6. The molecule has 0 amide bonds. The van der Waals surface area contributed by atoms with Crippen molar-refractivity contribution in [3.63, 3.8) is 0 Å². The lowest BCUT2D eigenvalue weighted by molar-refractivity contribution is -0.384. The van der Waals surface area contributed by atoms with Crippen molar-refractivity contribution < 1.29 is 14.5 Å². The highest BCUT2D eigenvalue weighted by Gasteiger charge is 2.15. The molecular weight excluding hydrogens is 400 g/mol. The van der Waals surface area contributed by atoms with E-state index in [0.29, 0.717) is 21.9 Å². The number of thioether (sulfide) groups is 1. The third-order valence-electron chi connectivity index (χ3n) is 3.83. The smallest absolute Gasteiger partial charge is 0.269 e. The molecule has 6 nitrogen and oxygen atoms in total. The van der Waals surface area contributed by atoms with Gasteiger partial charge in [-0.3, -0.25) is 14.9 Å². The number of nitrogens with zero attached hydrogens (tertiary/aromatic N) is 1. The molecule has 1 aliphatic heterocycles. The van der Waals surface area contributed by atoms with Gasteiger partial charge in [0.25, 0.3) is 5.69 Å². The van der Waals surface area contributed by atoms with Crippen LogP contribution in [0.2, 0.25) is 5.02 Å². The Kier molecular flexibility index (Phi) is 5.87. The number of halogens is 1. The van der Waals surface area contributed by atoms with Crippen LogP contribution in [-0.2, 0) is 0 Å².